The largest absolute Gasteiger partial charge is 0.388 e. The van der Waals surface area contributed by atoms with E-state index in [9.17, 15) is 5.11 Å². The summed E-state index contributed by atoms with van der Waals surface area (Å²) in [4.78, 5) is 0. The summed E-state index contributed by atoms with van der Waals surface area (Å²) in [6, 6.07) is 0. The molecule has 0 aromatic carbocycles. The van der Waals surface area contributed by atoms with Gasteiger partial charge in [-0.25, -0.2) is 0 Å². The maximum absolute atomic E-state index is 10.8. The van der Waals surface area contributed by atoms with Gasteiger partial charge in [-0.2, -0.15) is 5.10 Å². The van der Waals surface area contributed by atoms with E-state index in [-0.39, 0.29) is 5.41 Å². The molecular formula is C14H25N3O. The van der Waals surface area contributed by atoms with Crippen molar-refractivity contribution in [2.75, 3.05) is 6.54 Å². The Morgan fingerprint density at radius 3 is 2.89 bits per heavy atom. The maximum Gasteiger partial charge on any atom is 0.0891 e. The van der Waals surface area contributed by atoms with E-state index in [0.29, 0.717) is 12.5 Å². The third-order valence-corrected chi connectivity index (χ3v) is 4.46. The van der Waals surface area contributed by atoms with Crippen molar-refractivity contribution in [1.82, 2.24) is 9.78 Å². The maximum atomic E-state index is 10.8. The molecule has 3 unspecified atom stereocenters. The Balaban J connectivity index is 2.29. The number of hydrogen-bond donors (Lipinski definition) is 2. The Hall–Kier alpha value is -0.870. The van der Waals surface area contributed by atoms with Crippen LogP contribution in [0, 0.1) is 18.3 Å². The Morgan fingerprint density at radius 2 is 2.39 bits per heavy atom. The van der Waals surface area contributed by atoms with E-state index in [1.54, 1.807) is 4.68 Å². The first-order valence-electron chi connectivity index (χ1n) is 6.87. The second-order valence-electron chi connectivity index (χ2n) is 6.01. The van der Waals surface area contributed by atoms with Crippen molar-refractivity contribution in [2.24, 2.45) is 24.1 Å². The monoisotopic (exact) mass is 251 g/mol. The van der Waals surface area contributed by atoms with Crippen LogP contribution in [0.1, 0.15) is 50.0 Å². The Morgan fingerprint density at radius 1 is 1.67 bits per heavy atom. The van der Waals surface area contributed by atoms with Crippen LogP contribution in [0.3, 0.4) is 0 Å². The highest BCUT2D eigenvalue weighted by atomic mass is 16.3. The summed E-state index contributed by atoms with van der Waals surface area (Å²) >= 11 is 0. The normalized spacial score (nSPS) is 30.4. The second-order valence-corrected chi connectivity index (χ2v) is 6.01. The molecule has 0 amide bonds. The third kappa shape index (κ3) is 2.31. The first-order valence-corrected chi connectivity index (χ1v) is 6.87. The van der Waals surface area contributed by atoms with Gasteiger partial charge in [-0.15, -0.1) is 0 Å². The van der Waals surface area contributed by atoms with Crippen molar-refractivity contribution in [3.63, 3.8) is 0 Å². The van der Waals surface area contributed by atoms with E-state index in [1.807, 2.05) is 20.2 Å². The van der Waals surface area contributed by atoms with Crippen LogP contribution in [0.2, 0.25) is 0 Å². The minimum Gasteiger partial charge on any atom is -0.388 e. The molecule has 0 radical (unpaired) electrons. The fraction of sp³-hybridized carbons (Fsp3) is 0.786. The van der Waals surface area contributed by atoms with Gasteiger partial charge < -0.3 is 10.8 Å². The Kier molecular flexibility index (Phi) is 3.78. The first kappa shape index (κ1) is 13.6. The summed E-state index contributed by atoms with van der Waals surface area (Å²) in [6.45, 7) is 4.76. The zero-order valence-corrected chi connectivity index (χ0v) is 11.7. The molecule has 1 saturated carbocycles. The summed E-state index contributed by atoms with van der Waals surface area (Å²) < 4.78 is 1.77. The predicted octanol–water partition coefficient (Wildman–Crippen LogP) is 1.92. The fourth-order valence-corrected chi connectivity index (χ4v) is 3.46. The molecule has 4 heteroatoms. The molecule has 0 spiro atoms. The fourth-order valence-electron chi connectivity index (χ4n) is 3.46. The van der Waals surface area contributed by atoms with Crippen LogP contribution in [-0.2, 0) is 7.05 Å². The van der Waals surface area contributed by atoms with Gasteiger partial charge in [-0.3, -0.25) is 4.68 Å². The lowest BCUT2D eigenvalue weighted by molar-refractivity contribution is -0.0134. The van der Waals surface area contributed by atoms with Gasteiger partial charge in [0.05, 0.1) is 11.8 Å². The van der Waals surface area contributed by atoms with E-state index in [1.165, 1.54) is 6.42 Å². The molecule has 102 valence electrons. The lowest BCUT2D eigenvalue weighted by Crippen LogP contribution is -2.40. The van der Waals surface area contributed by atoms with E-state index in [4.69, 9.17) is 5.73 Å². The average molecular weight is 251 g/mol. The molecule has 3 atom stereocenters. The molecule has 1 aliphatic rings. The summed E-state index contributed by atoms with van der Waals surface area (Å²) in [5.41, 5.74) is 7.70. The molecule has 0 aliphatic heterocycles. The Labute approximate surface area is 109 Å². The topological polar surface area (TPSA) is 64.1 Å². The highest BCUT2D eigenvalue weighted by molar-refractivity contribution is 5.21. The second kappa shape index (κ2) is 5.02. The molecule has 2 rings (SSSR count). The minimum atomic E-state index is -0.487. The molecule has 1 aromatic rings. The average Bonchev–Trinajstić information content (AvgIpc) is 2.67. The number of aliphatic hydroxyl groups excluding tert-OH is 1. The number of nitrogens with zero attached hydrogens (tertiary/aromatic N) is 2. The third-order valence-electron chi connectivity index (χ3n) is 4.46. The lowest BCUT2D eigenvalue weighted by atomic mass is 9.65. The number of aromatic nitrogens is 2. The Bertz CT molecular complexity index is 415. The van der Waals surface area contributed by atoms with E-state index >= 15 is 0 Å². The van der Waals surface area contributed by atoms with Crippen molar-refractivity contribution in [1.29, 1.82) is 0 Å². The van der Waals surface area contributed by atoms with Crippen LogP contribution in [-0.4, -0.2) is 21.4 Å². The molecule has 1 fully saturated rings. The lowest BCUT2D eigenvalue weighted by Gasteiger charge is -2.42. The smallest absolute Gasteiger partial charge is 0.0891 e. The molecule has 1 aromatic heterocycles. The molecule has 1 heterocycles. The highest BCUT2D eigenvalue weighted by Gasteiger charge is 2.41. The number of aryl methyl sites for hydroxylation is 2. The molecule has 1 aliphatic carbocycles. The van der Waals surface area contributed by atoms with Crippen molar-refractivity contribution < 1.29 is 5.11 Å². The van der Waals surface area contributed by atoms with Gasteiger partial charge in [0.25, 0.3) is 0 Å². The quantitative estimate of drug-likeness (QED) is 0.862. The van der Waals surface area contributed by atoms with Gasteiger partial charge >= 0.3 is 0 Å². The van der Waals surface area contributed by atoms with E-state index < -0.39 is 6.10 Å². The zero-order chi connectivity index (χ0) is 13.3. The van der Waals surface area contributed by atoms with Crippen molar-refractivity contribution in [2.45, 2.75) is 45.6 Å². The minimum absolute atomic E-state index is 0.161. The first-order chi connectivity index (χ1) is 8.48. The van der Waals surface area contributed by atoms with E-state index in [2.05, 4.69) is 12.0 Å². The molecule has 0 saturated heterocycles. The van der Waals surface area contributed by atoms with Gasteiger partial charge in [-0.1, -0.05) is 19.8 Å². The van der Waals surface area contributed by atoms with Gasteiger partial charge in [0.1, 0.15) is 0 Å². The highest BCUT2D eigenvalue weighted by Crippen LogP contribution is 2.47. The standard InChI is InChI=1S/C14H25N3O/c1-10-5-4-6-14(7-10,9-15)13(18)12-8-17(3)16-11(12)2/h8,10,13,18H,4-7,9,15H2,1-3H3. The number of rotatable bonds is 3. The number of aliphatic hydroxyl groups is 1. The van der Waals surface area contributed by atoms with Crippen LogP contribution in [0.15, 0.2) is 6.20 Å². The van der Waals surface area contributed by atoms with Crippen molar-refractivity contribution in [3.8, 4) is 0 Å². The molecule has 3 N–H and O–H groups in total. The van der Waals surface area contributed by atoms with Gasteiger partial charge in [-0.05, 0) is 25.7 Å². The van der Waals surface area contributed by atoms with Crippen LogP contribution in [0.25, 0.3) is 0 Å². The van der Waals surface area contributed by atoms with Crippen LogP contribution in [0.4, 0.5) is 0 Å². The van der Waals surface area contributed by atoms with Gasteiger partial charge in [0.15, 0.2) is 0 Å². The van der Waals surface area contributed by atoms with Crippen LogP contribution >= 0.6 is 0 Å². The number of hydrogen-bond acceptors (Lipinski definition) is 3. The zero-order valence-electron chi connectivity index (χ0n) is 11.7. The van der Waals surface area contributed by atoms with Crippen LogP contribution in [0.5, 0.6) is 0 Å². The molecule has 0 bridgehead atoms. The summed E-state index contributed by atoms with van der Waals surface area (Å²) in [6.07, 6.45) is 5.88. The summed E-state index contributed by atoms with van der Waals surface area (Å²) in [5, 5.41) is 15.1. The van der Waals surface area contributed by atoms with Gasteiger partial charge in [0, 0.05) is 30.8 Å². The predicted molar refractivity (Wildman–Crippen MR) is 72.0 cm³/mol. The summed E-state index contributed by atoms with van der Waals surface area (Å²) in [5.74, 6) is 0.647. The number of nitrogens with two attached hydrogens (primary N) is 1. The molecule has 4 nitrogen and oxygen atoms in total. The SMILES string of the molecule is Cc1nn(C)cc1C(O)C1(CN)CCCC(C)C1. The van der Waals surface area contributed by atoms with Crippen molar-refractivity contribution >= 4 is 0 Å². The summed E-state index contributed by atoms with van der Waals surface area (Å²) in [7, 11) is 1.89. The van der Waals surface area contributed by atoms with Crippen molar-refractivity contribution in [3.05, 3.63) is 17.5 Å². The van der Waals surface area contributed by atoms with E-state index in [0.717, 1.165) is 30.5 Å². The van der Waals surface area contributed by atoms with Crippen LogP contribution < -0.4 is 5.73 Å². The molecular weight excluding hydrogens is 226 g/mol. The van der Waals surface area contributed by atoms with Gasteiger partial charge in [0.2, 0.25) is 0 Å². The molecule has 18 heavy (non-hydrogen) atoms.